The summed E-state index contributed by atoms with van der Waals surface area (Å²) in [6.07, 6.45) is 0. The molecule has 0 fully saturated rings. The molecule has 1 heterocycles. The van der Waals surface area contributed by atoms with Crippen LogP contribution in [0.1, 0.15) is 13.8 Å². The molecule has 20 heavy (non-hydrogen) atoms. The zero-order chi connectivity index (χ0) is 15.0. The van der Waals surface area contributed by atoms with Crippen LogP contribution in [0.25, 0.3) is 0 Å². The highest BCUT2D eigenvalue weighted by atomic mass is 32.2. The fraction of sp³-hybridized carbons (Fsp3) is 0.700. The average molecular weight is 304 g/mol. The Hall–Kier alpha value is -1.68. The first-order chi connectivity index (χ1) is 9.50. The topological polar surface area (TPSA) is 118 Å². The molecule has 0 aliphatic carbocycles. The van der Waals surface area contributed by atoms with Crippen LogP contribution < -0.4 is 20.1 Å². The molecule has 3 N–H and O–H groups in total. The first-order valence-corrected chi connectivity index (χ1v) is 7.93. The Morgan fingerprint density at radius 3 is 2.30 bits per heavy atom. The molecule has 1 rings (SSSR count). The van der Waals surface area contributed by atoms with Crippen LogP contribution >= 0.6 is 0 Å². The van der Waals surface area contributed by atoms with E-state index in [0.29, 0.717) is 19.1 Å². The minimum atomic E-state index is -3.26. The van der Waals surface area contributed by atoms with Gasteiger partial charge in [0.05, 0.1) is 12.4 Å². The molecular formula is C10H20N6O3S. The quantitative estimate of drug-likeness (QED) is 0.567. The fourth-order valence-electron chi connectivity index (χ4n) is 1.27. The number of sulfonamides is 1. The third-order valence-corrected chi connectivity index (χ3v) is 3.55. The van der Waals surface area contributed by atoms with Gasteiger partial charge in [0.2, 0.25) is 21.9 Å². The molecule has 1 aromatic heterocycles. The maximum absolute atomic E-state index is 11.3. The molecule has 0 radical (unpaired) electrons. The molecule has 0 aromatic carbocycles. The standard InChI is InChI=1S/C10H20N6O3S/c1-4-12-8-14-9(16-10(15-8)19-5-2)13-6-7-20(17,18)11-3/h11H,4-7H2,1-3H3,(H2,12,13,14,15,16). The van der Waals surface area contributed by atoms with Gasteiger partial charge in [-0.3, -0.25) is 0 Å². The highest BCUT2D eigenvalue weighted by molar-refractivity contribution is 7.89. The second kappa shape index (κ2) is 7.80. The molecule has 0 spiro atoms. The van der Waals surface area contributed by atoms with Crippen molar-refractivity contribution < 1.29 is 13.2 Å². The summed E-state index contributed by atoms with van der Waals surface area (Å²) in [6.45, 7) is 5.01. The highest BCUT2D eigenvalue weighted by Gasteiger charge is 2.09. The lowest BCUT2D eigenvalue weighted by atomic mass is 10.7. The third kappa shape index (κ3) is 5.53. The predicted molar refractivity (Wildman–Crippen MR) is 76.5 cm³/mol. The second-order valence-corrected chi connectivity index (χ2v) is 5.72. The Morgan fingerprint density at radius 2 is 1.75 bits per heavy atom. The number of anilines is 2. The number of aromatic nitrogens is 3. The van der Waals surface area contributed by atoms with Crippen LogP contribution in [0.2, 0.25) is 0 Å². The number of ether oxygens (including phenoxy) is 1. The lowest BCUT2D eigenvalue weighted by Crippen LogP contribution is -2.26. The van der Waals surface area contributed by atoms with Crippen LogP contribution in [0.5, 0.6) is 6.01 Å². The van der Waals surface area contributed by atoms with E-state index in [0.717, 1.165) is 0 Å². The molecule has 0 atom stereocenters. The van der Waals surface area contributed by atoms with Crippen LogP contribution in [0.3, 0.4) is 0 Å². The molecular weight excluding hydrogens is 284 g/mol. The molecule has 0 aliphatic heterocycles. The van der Waals surface area contributed by atoms with E-state index in [-0.39, 0.29) is 24.3 Å². The number of hydrogen-bond acceptors (Lipinski definition) is 8. The van der Waals surface area contributed by atoms with E-state index in [1.165, 1.54) is 7.05 Å². The largest absolute Gasteiger partial charge is 0.464 e. The van der Waals surface area contributed by atoms with Crippen LogP contribution in [0.15, 0.2) is 0 Å². The SMILES string of the molecule is CCNc1nc(NCCS(=O)(=O)NC)nc(OCC)n1. The van der Waals surface area contributed by atoms with E-state index in [2.05, 4.69) is 30.3 Å². The molecule has 0 bridgehead atoms. The van der Waals surface area contributed by atoms with E-state index in [4.69, 9.17) is 4.74 Å². The van der Waals surface area contributed by atoms with Gasteiger partial charge in [-0.05, 0) is 20.9 Å². The lowest BCUT2D eigenvalue weighted by molar-refractivity contribution is 0.312. The van der Waals surface area contributed by atoms with Crippen molar-refractivity contribution in [2.24, 2.45) is 0 Å². The third-order valence-electron chi connectivity index (χ3n) is 2.19. The molecule has 0 saturated carbocycles. The maximum atomic E-state index is 11.3. The average Bonchev–Trinajstić information content (AvgIpc) is 2.39. The molecule has 0 saturated heterocycles. The Morgan fingerprint density at radius 1 is 1.10 bits per heavy atom. The fourth-order valence-corrected chi connectivity index (χ4v) is 1.84. The Labute approximate surface area is 118 Å². The lowest BCUT2D eigenvalue weighted by Gasteiger charge is -2.09. The zero-order valence-corrected chi connectivity index (χ0v) is 12.6. The van der Waals surface area contributed by atoms with Gasteiger partial charge in [-0.1, -0.05) is 0 Å². The first-order valence-electron chi connectivity index (χ1n) is 6.28. The smallest absolute Gasteiger partial charge is 0.323 e. The van der Waals surface area contributed by atoms with Gasteiger partial charge < -0.3 is 15.4 Å². The highest BCUT2D eigenvalue weighted by Crippen LogP contribution is 2.10. The molecule has 9 nitrogen and oxygen atoms in total. The van der Waals surface area contributed by atoms with Crippen molar-refractivity contribution in [3.63, 3.8) is 0 Å². The number of rotatable bonds is 9. The summed E-state index contributed by atoms with van der Waals surface area (Å²) in [5.41, 5.74) is 0. The number of nitrogens with zero attached hydrogens (tertiary/aromatic N) is 3. The monoisotopic (exact) mass is 304 g/mol. The van der Waals surface area contributed by atoms with Gasteiger partial charge in [0.15, 0.2) is 0 Å². The first kappa shape index (κ1) is 16.4. The van der Waals surface area contributed by atoms with E-state index in [1.807, 2.05) is 13.8 Å². The van der Waals surface area contributed by atoms with Crippen molar-refractivity contribution in [3.8, 4) is 6.01 Å². The van der Waals surface area contributed by atoms with Crippen LogP contribution in [0.4, 0.5) is 11.9 Å². The van der Waals surface area contributed by atoms with Crippen molar-refractivity contribution in [2.45, 2.75) is 13.8 Å². The number of hydrogen-bond donors (Lipinski definition) is 3. The Balaban J connectivity index is 2.72. The molecule has 0 amide bonds. The summed E-state index contributed by atoms with van der Waals surface area (Å²) in [5.74, 6) is 0.575. The summed E-state index contributed by atoms with van der Waals surface area (Å²) >= 11 is 0. The van der Waals surface area contributed by atoms with Gasteiger partial charge in [-0.2, -0.15) is 15.0 Å². The second-order valence-electron chi connectivity index (χ2n) is 3.68. The molecule has 0 unspecified atom stereocenters. The summed E-state index contributed by atoms with van der Waals surface area (Å²) in [4.78, 5) is 12.2. The van der Waals surface area contributed by atoms with Crippen molar-refractivity contribution in [1.82, 2.24) is 19.7 Å². The van der Waals surface area contributed by atoms with Crippen molar-refractivity contribution in [3.05, 3.63) is 0 Å². The van der Waals surface area contributed by atoms with Gasteiger partial charge in [0.1, 0.15) is 0 Å². The van der Waals surface area contributed by atoms with Gasteiger partial charge >= 0.3 is 6.01 Å². The summed E-state index contributed by atoms with van der Waals surface area (Å²) < 4.78 is 30.0. The van der Waals surface area contributed by atoms with Crippen LogP contribution in [-0.2, 0) is 10.0 Å². The van der Waals surface area contributed by atoms with Crippen molar-refractivity contribution >= 4 is 21.9 Å². The summed E-state index contributed by atoms with van der Waals surface area (Å²) in [6, 6.07) is 0.192. The summed E-state index contributed by atoms with van der Waals surface area (Å²) in [7, 11) is -1.89. The van der Waals surface area contributed by atoms with Crippen molar-refractivity contribution in [2.75, 3.05) is 43.1 Å². The van der Waals surface area contributed by atoms with E-state index in [1.54, 1.807) is 0 Å². The molecule has 1 aromatic rings. The van der Waals surface area contributed by atoms with Crippen LogP contribution in [0, 0.1) is 0 Å². The number of nitrogens with one attached hydrogen (secondary N) is 3. The van der Waals surface area contributed by atoms with Crippen LogP contribution in [-0.4, -0.2) is 55.9 Å². The van der Waals surface area contributed by atoms with E-state index >= 15 is 0 Å². The molecule has 0 aliphatic rings. The zero-order valence-electron chi connectivity index (χ0n) is 11.8. The normalized spacial score (nSPS) is 11.2. The van der Waals surface area contributed by atoms with E-state index < -0.39 is 10.0 Å². The minimum absolute atomic E-state index is 0.0737. The minimum Gasteiger partial charge on any atom is -0.464 e. The van der Waals surface area contributed by atoms with Gasteiger partial charge in [-0.25, -0.2) is 13.1 Å². The van der Waals surface area contributed by atoms with Gasteiger partial charge in [0.25, 0.3) is 0 Å². The van der Waals surface area contributed by atoms with Crippen molar-refractivity contribution in [1.29, 1.82) is 0 Å². The molecule has 10 heteroatoms. The Bertz CT molecular complexity index is 497. The van der Waals surface area contributed by atoms with Gasteiger partial charge in [-0.15, -0.1) is 0 Å². The van der Waals surface area contributed by atoms with E-state index in [9.17, 15) is 8.42 Å². The molecule has 114 valence electrons. The summed E-state index contributed by atoms with van der Waals surface area (Å²) in [5, 5.41) is 5.78. The van der Waals surface area contributed by atoms with Gasteiger partial charge in [0, 0.05) is 13.1 Å². The Kier molecular flexibility index (Phi) is 6.39. The maximum Gasteiger partial charge on any atom is 0.323 e. The predicted octanol–water partition coefficient (Wildman–Crippen LogP) is -0.337.